The minimum absolute atomic E-state index is 0.137. The van der Waals surface area contributed by atoms with Crippen LogP contribution in [0.25, 0.3) is 6.08 Å². The SMILES string of the molecule is [CH2]C=CCOc1ccc(C=C(C(=O)OCC)C(=O)OCC)cc1. The molecule has 1 aromatic rings. The molecule has 0 aromatic heterocycles. The van der Waals surface area contributed by atoms with Crippen LogP contribution in [0.1, 0.15) is 19.4 Å². The molecule has 0 saturated carbocycles. The molecule has 1 aromatic carbocycles. The number of esters is 2. The average Bonchev–Trinajstić information content (AvgIpc) is 2.54. The largest absolute Gasteiger partial charge is 0.490 e. The van der Waals surface area contributed by atoms with Crippen LogP contribution in [-0.4, -0.2) is 31.8 Å². The molecule has 0 unspecified atom stereocenters. The highest BCUT2D eigenvalue weighted by molar-refractivity contribution is 6.17. The van der Waals surface area contributed by atoms with Gasteiger partial charge in [0.2, 0.25) is 0 Å². The third kappa shape index (κ3) is 6.38. The molecule has 5 nitrogen and oxygen atoms in total. The second kappa shape index (κ2) is 10.2. The van der Waals surface area contributed by atoms with Crippen LogP contribution in [0.3, 0.4) is 0 Å². The molecule has 0 spiro atoms. The Hall–Kier alpha value is -2.56. The molecule has 0 bridgehead atoms. The van der Waals surface area contributed by atoms with Gasteiger partial charge >= 0.3 is 11.9 Å². The van der Waals surface area contributed by atoms with Crippen molar-refractivity contribution in [3.05, 3.63) is 54.5 Å². The highest BCUT2D eigenvalue weighted by Crippen LogP contribution is 2.16. The fourth-order valence-electron chi connectivity index (χ4n) is 1.66. The third-order valence-corrected chi connectivity index (χ3v) is 2.69. The van der Waals surface area contributed by atoms with E-state index in [9.17, 15) is 9.59 Å². The van der Waals surface area contributed by atoms with Gasteiger partial charge in [0.1, 0.15) is 17.9 Å². The molecule has 0 amide bonds. The maximum atomic E-state index is 11.9. The lowest BCUT2D eigenvalue weighted by atomic mass is 10.1. The lowest BCUT2D eigenvalue weighted by Gasteiger charge is -2.07. The normalized spacial score (nSPS) is 10.2. The highest BCUT2D eigenvalue weighted by atomic mass is 16.6. The predicted octanol–water partition coefficient (Wildman–Crippen LogP) is 2.97. The molecule has 23 heavy (non-hydrogen) atoms. The quantitative estimate of drug-likeness (QED) is 0.319. The molecule has 5 heteroatoms. The Morgan fingerprint density at radius 2 is 1.61 bits per heavy atom. The van der Waals surface area contributed by atoms with Crippen molar-refractivity contribution in [2.75, 3.05) is 19.8 Å². The first kappa shape index (κ1) is 18.5. The number of ether oxygens (including phenoxy) is 3. The second-order valence-electron chi connectivity index (χ2n) is 4.35. The number of benzene rings is 1. The van der Waals surface area contributed by atoms with Crippen molar-refractivity contribution in [3.63, 3.8) is 0 Å². The Labute approximate surface area is 136 Å². The summed E-state index contributed by atoms with van der Waals surface area (Å²) in [7, 11) is 0. The van der Waals surface area contributed by atoms with E-state index in [-0.39, 0.29) is 18.8 Å². The van der Waals surface area contributed by atoms with E-state index >= 15 is 0 Å². The molecular formula is C18H21O5. The Kier molecular flexibility index (Phi) is 8.21. The van der Waals surface area contributed by atoms with Gasteiger partial charge < -0.3 is 14.2 Å². The van der Waals surface area contributed by atoms with Gasteiger partial charge in [0.05, 0.1) is 13.2 Å². The van der Waals surface area contributed by atoms with Gasteiger partial charge in [-0.25, -0.2) is 9.59 Å². The van der Waals surface area contributed by atoms with E-state index in [0.717, 1.165) is 0 Å². The number of hydrogen-bond acceptors (Lipinski definition) is 5. The summed E-state index contributed by atoms with van der Waals surface area (Å²) >= 11 is 0. The summed E-state index contributed by atoms with van der Waals surface area (Å²) in [6, 6.07) is 6.97. The lowest BCUT2D eigenvalue weighted by Crippen LogP contribution is -2.18. The van der Waals surface area contributed by atoms with E-state index < -0.39 is 11.9 Å². The maximum Gasteiger partial charge on any atom is 0.345 e. The molecule has 0 saturated heterocycles. The Balaban J connectivity index is 2.92. The topological polar surface area (TPSA) is 61.8 Å². The number of carbonyl (C=O) groups is 2. The fourth-order valence-corrected chi connectivity index (χ4v) is 1.66. The molecule has 0 aliphatic carbocycles. The zero-order valence-corrected chi connectivity index (χ0v) is 13.4. The average molecular weight is 317 g/mol. The monoisotopic (exact) mass is 317 g/mol. The van der Waals surface area contributed by atoms with Gasteiger partial charge in [0.25, 0.3) is 0 Å². The summed E-state index contributed by atoms with van der Waals surface area (Å²) in [4.78, 5) is 23.8. The van der Waals surface area contributed by atoms with Crippen LogP contribution in [0.2, 0.25) is 0 Å². The zero-order valence-electron chi connectivity index (χ0n) is 13.4. The van der Waals surface area contributed by atoms with Crippen molar-refractivity contribution in [2.45, 2.75) is 13.8 Å². The Morgan fingerprint density at radius 1 is 1.04 bits per heavy atom. The van der Waals surface area contributed by atoms with Crippen LogP contribution >= 0.6 is 0 Å². The van der Waals surface area contributed by atoms with Crippen LogP contribution < -0.4 is 4.74 Å². The summed E-state index contributed by atoms with van der Waals surface area (Å²) in [5.74, 6) is -0.729. The standard InChI is InChI=1S/C18H21O5/c1-4-7-12-23-15-10-8-14(9-11-15)13-16(17(19)21-5-2)18(20)22-6-3/h4,7-11,13H,1,5-6,12H2,2-3H3. The van der Waals surface area contributed by atoms with E-state index in [1.807, 2.05) is 0 Å². The molecule has 0 heterocycles. The minimum Gasteiger partial charge on any atom is -0.490 e. The third-order valence-electron chi connectivity index (χ3n) is 2.69. The number of rotatable bonds is 8. The lowest BCUT2D eigenvalue weighted by molar-refractivity contribution is -0.146. The highest BCUT2D eigenvalue weighted by Gasteiger charge is 2.20. The van der Waals surface area contributed by atoms with Crippen LogP contribution in [0, 0.1) is 6.92 Å². The van der Waals surface area contributed by atoms with E-state index in [1.54, 1.807) is 50.3 Å². The predicted molar refractivity (Wildman–Crippen MR) is 87.7 cm³/mol. The molecule has 1 rings (SSSR count). The molecular weight excluding hydrogens is 296 g/mol. The van der Waals surface area contributed by atoms with Gasteiger partial charge in [-0.05, 0) is 44.5 Å². The summed E-state index contributed by atoms with van der Waals surface area (Å²) in [6.45, 7) is 7.71. The summed E-state index contributed by atoms with van der Waals surface area (Å²) in [5.41, 5.74) is 0.531. The van der Waals surface area contributed by atoms with E-state index in [4.69, 9.17) is 14.2 Å². The van der Waals surface area contributed by atoms with Crippen LogP contribution in [0.4, 0.5) is 0 Å². The zero-order chi connectivity index (χ0) is 17.1. The minimum atomic E-state index is -0.702. The van der Waals surface area contributed by atoms with Crippen molar-refractivity contribution >= 4 is 18.0 Å². The van der Waals surface area contributed by atoms with Gasteiger partial charge in [-0.15, -0.1) is 0 Å². The molecule has 1 radical (unpaired) electrons. The summed E-state index contributed by atoms with van der Waals surface area (Å²) in [5, 5.41) is 0. The fraction of sp³-hybridized carbons (Fsp3) is 0.278. The van der Waals surface area contributed by atoms with E-state index in [2.05, 4.69) is 6.92 Å². The van der Waals surface area contributed by atoms with Crippen molar-refractivity contribution in [1.82, 2.24) is 0 Å². The van der Waals surface area contributed by atoms with Crippen molar-refractivity contribution in [2.24, 2.45) is 0 Å². The number of carbonyl (C=O) groups excluding carboxylic acids is 2. The molecule has 123 valence electrons. The Morgan fingerprint density at radius 3 is 2.09 bits per heavy atom. The first-order valence-corrected chi connectivity index (χ1v) is 7.35. The summed E-state index contributed by atoms with van der Waals surface area (Å²) in [6.07, 6.45) is 4.88. The van der Waals surface area contributed by atoms with E-state index in [0.29, 0.717) is 17.9 Å². The summed E-state index contributed by atoms with van der Waals surface area (Å²) < 4.78 is 15.2. The smallest absolute Gasteiger partial charge is 0.345 e. The van der Waals surface area contributed by atoms with Crippen molar-refractivity contribution in [1.29, 1.82) is 0 Å². The molecule has 0 atom stereocenters. The first-order chi connectivity index (χ1) is 11.1. The van der Waals surface area contributed by atoms with E-state index in [1.165, 1.54) is 6.08 Å². The van der Waals surface area contributed by atoms with Crippen molar-refractivity contribution in [3.8, 4) is 5.75 Å². The van der Waals surface area contributed by atoms with Crippen LogP contribution in [0.15, 0.2) is 42.0 Å². The van der Waals surface area contributed by atoms with Crippen LogP contribution in [-0.2, 0) is 19.1 Å². The number of hydrogen-bond donors (Lipinski definition) is 0. The second-order valence-corrected chi connectivity index (χ2v) is 4.35. The molecule has 0 aliphatic heterocycles. The van der Waals surface area contributed by atoms with Gasteiger partial charge in [0.15, 0.2) is 0 Å². The molecule has 0 fully saturated rings. The number of allylic oxidation sites excluding steroid dienone is 1. The van der Waals surface area contributed by atoms with Gasteiger partial charge in [-0.1, -0.05) is 24.3 Å². The first-order valence-electron chi connectivity index (χ1n) is 7.35. The Bertz CT molecular complexity index is 550. The van der Waals surface area contributed by atoms with Gasteiger partial charge in [-0.2, -0.15) is 0 Å². The van der Waals surface area contributed by atoms with Gasteiger partial charge in [-0.3, -0.25) is 0 Å². The maximum absolute atomic E-state index is 11.9. The van der Waals surface area contributed by atoms with Crippen molar-refractivity contribution < 1.29 is 23.8 Å². The molecule has 0 N–H and O–H groups in total. The molecule has 0 aliphatic rings. The van der Waals surface area contributed by atoms with Crippen LogP contribution in [0.5, 0.6) is 5.75 Å². The van der Waals surface area contributed by atoms with Gasteiger partial charge in [0, 0.05) is 0 Å².